The Bertz CT molecular complexity index is 790. The fourth-order valence-electron chi connectivity index (χ4n) is 2.91. The third-order valence-electron chi connectivity index (χ3n) is 4.92. The van der Waals surface area contributed by atoms with Crippen LogP contribution in [0.3, 0.4) is 0 Å². The number of nitrogens with zero attached hydrogens (tertiary/aromatic N) is 2. The normalized spacial score (nSPS) is 15.2. The summed E-state index contributed by atoms with van der Waals surface area (Å²) in [6.07, 6.45) is 2.33. The molecule has 3 N–H and O–H groups in total. The summed E-state index contributed by atoms with van der Waals surface area (Å²) in [6.45, 7) is 8.23. The fourth-order valence-corrected chi connectivity index (χ4v) is 3.07. The van der Waals surface area contributed by atoms with E-state index in [2.05, 4.69) is 34.4 Å². The largest absolute Gasteiger partial charge is 0.394 e. The van der Waals surface area contributed by atoms with Crippen LogP contribution in [0.15, 0.2) is 18.2 Å². The van der Waals surface area contributed by atoms with Crippen LogP contribution in [0.1, 0.15) is 49.4 Å². The summed E-state index contributed by atoms with van der Waals surface area (Å²) in [5, 5.41) is 17.0. The molecule has 1 atom stereocenters. The molecule has 2 aromatic rings. The van der Waals surface area contributed by atoms with Crippen LogP contribution >= 0.6 is 11.6 Å². The van der Waals surface area contributed by atoms with Crippen LogP contribution in [-0.4, -0.2) is 27.7 Å². The molecule has 1 fully saturated rings. The minimum atomic E-state index is -0.0769. The molecule has 140 valence electrons. The van der Waals surface area contributed by atoms with Gasteiger partial charge in [0.05, 0.1) is 18.3 Å². The minimum absolute atomic E-state index is 0.0456. The highest BCUT2D eigenvalue weighted by Crippen LogP contribution is 2.40. The predicted molar refractivity (Wildman–Crippen MR) is 108 cm³/mol. The van der Waals surface area contributed by atoms with Crippen molar-refractivity contribution in [1.82, 2.24) is 9.97 Å². The monoisotopic (exact) mass is 374 g/mol. The summed E-state index contributed by atoms with van der Waals surface area (Å²) >= 11 is 6.28. The second-order valence-corrected chi connectivity index (χ2v) is 7.85. The van der Waals surface area contributed by atoms with Crippen LogP contribution in [0.2, 0.25) is 5.02 Å². The van der Waals surface area contributed by atoms with Gasteiger partial charge in [-0.25, -0.2) is 4.98 Å². The lowest BCUT2D eigenvalue weighted by Gasteiger charge is -2.21. The predicted octanol–water partition coefficient (Wildman–Crippen LogP) is 4.80. The van der Waals surface area contributed by atoms with Gasteiger partial charge in [-0.3, -0.25) is 0 Å². The number of aliphatic hydroxyl groups is 1. The Hall–Kier alpha value is -1.85. The number of nitrogens with one attached hydrogen (secondary N) is 2. The molecule has 6 heteroatoms. The minimum Gasteiger partial charge on any atom is -0.394 e. The zero-order valence-corrected chi connectivity index (χ0v) is 16.6. The first-order chi connectivity index (χ1) is 12.4. The molecule has 5 nitrogen and oxygen atoms in total. The van der Waals surface area contributed by atoms with Crippen molar-refractivity contribution >= 4 is 29.1 Å². The molecule has 1 aromatic carbocycles. The van der Waals surface area contributed by atoms with E-state index < -0.39 is 0 Å². The summed E-state index contributed by atoms with van der Waals surface area (Å²) < 4.78 is 0. The highest BCUT2D eigenvalue weighted by molar-refractivity contribution is 6.31. The Kier molecular flexibility index (Phi) is 5.68. The van der Waals surface area contributed by atoms with Crippen LogP contribution in [0.5, 0.6) is 0 Å². The van der Waals surface area contributed by atoms with Crippen molar-refractivity contribution in [3.05, 3.63) is 40.0 Å². The molecule has 0 radical (unpaired) electrons. The van der Waals surface area contributed by atoms with Crippen molar-refractivity contribution in [2.24, 2.45) is 5.92 Å². The number of aromatic nitrogens is 2. The Morgan fingerprint density at radius 2 is 1.96 bits per heavy atom. The first-order valence-electron chi connectivity index (χ1n) is 9.18. The van der Waals surface area contributed by atoms with Gasteiger partial charge in [0.25, 0.3) is 0 Å². The lowest BCUT2D eigenvalue weighted by atomic mass is 10.1. The second-order valence-electron chi connectivity index (χ2n) is 7.44. The van der Waals surface area contributed by atoms with Gasteiger partial charge in [-0.05, 0) is 49.8 Å². The van der Waals surface area contributed by atoms with Gasteiger partial charge in [0.1, 0.15) is 5.82 Å². The van der Waals surface area contributed by atoms with Crippen molar-refractivity contribution in [1.29, 1.82) is 0 Å². The molecule has 1 aliphatic rings. The van der Waals surface area contributed by atoms with E-state index in [1.807, 2.05) is 32.0 Å². The molecule has 1 aliphatic carbocycles. The Balaban J connectivity index is 1.93. The number of anilines is 3. The summed E-state index contributed by atoms with van der Waals surface area (Å²) in [5.41, 5.74) is 4.14. The van der Waals surface area contributed by atoms with Gasteiger partial charge in [0.2, 0.25) is 5.95 Å². The van der Waals surface area contributed by atoms with E-state index in [-0.39, 0.29) is 18.6 Å². The van der Waals surface area contributed by atoms with Crippen molar-refractivity contribution in [3.63, 3.8) is 0 Å². The molecule has 1 heterocycles. The summed E-state index contributed by atoms with van der Waals surface area (Å²) in [4.78, 5) is 9.30. The van der Waals surface area contributed by atoms with Crippen molar-refractivity contribution < 1.29 is 5.11 Å². The fraction of sp³-hybridized carbons (Fsp3) is 0.500. The van der Waals surface area contributed by atoms with Crippen LogP contribution in [-0.2, 0) is 0 Å². The quantitative estimate of drug-likeness (QED) is 0.649. The average Bonchev–Trinajstić information content (AvgIpc) is 3.44. The van der Waals surface area contributed by atoms with E-state index in [1.165, 1.54) is 12.8 Å². The van der Waals surface area contributed by atoms with Gasteiger partial charge in [-0.15, -0.1) is 0 Å². The smallest absolute Gasteiger partial charge is 0.225 e. The topological polar surface area (TPSA) is 70.1 Å². The first-order valence-corrected chi connectivity index (χ1v) is 9.56. The third-order valence-corrected chi connectivity index (χ3v) is 5.33. The van der Waals surface area contributed by atoms with Crippen LogP contribution in [0, 0.1) is 19.8 Å². The number of hydrogen-bond donors (Lipinski definition) is 3. The third kappa shape index (κ3) is 4.27. The van der Waals surface area contributed by atoms with Crippen LogP contribution in [0.25, 0.3) is 0 Å². The standard InChI is InChI=1S/C20H27ClN4O/c1-11(2)17(10-26)23-20-22-16(14-6-7-14)9-18(25-20)24-19-12(3)5-8-15(21)13(19)4/h5,8-9,11,14,17,26H,6-7,10H2,1-4H3,(H2,22,23,24,25)/t17-/m1/s1. The van der Waals surface area contributed by atoms with Gasteiger partial charge in [-0.2, -0.15) is 4.98 Å². The number of rotatable bonds is 7. The Morgan fingerprint density at radius 1 is 1.23 bits per heavy atom. The molecule has 1 saturated carbocycles. The van der Waals surface area contributed by atoms with Gasteiger partial charge in [0.15, 0.2) is 0 Å². The van der Waals surface area contributed by atoms with E-state index in [0.29, 0.717) is 11.9 Å². The van der Waals surface area contributed by atoms with E-state index in [0.717, 1.165) is 33.3 Å². The molecule has 1 aromatic heterocycles. The van der Waals surface area contributed by atoms with Crippen molar-refractivity contribution in [2.75, 3.05) is 17.2 Å². The Morgan fingerprint density at radius 3 is 2.58 bits per heavy atom. The van der Waals surface area contributed by atoms with Crippen LogP contribution in [0.4, 0.5) is 17.5 Å². The lowest BCUT2D eigenvalue weighted by Crippen LogP contribution is -2.30. The maximum atomic E-state index is 9.61. The molecule has 0 aliphatic heterocycles. The number of aryl methyl sites for hydroxylation is 1. The van der Waals surface area contributed by atoms with Gasteiger partial charge in [-0.1, -0.05) is 31.5 Å². The van der Waals surface area contributed by atoms with Crippen molar-refractivity contribution in [3.8, 4) is 0 Å². The Labute approximate surface area is 160 Å². The van der Waals surface area contributed by atoms with E-state index in [1.54, 1.807) is 0 Å². The number of halogens is 1. The lowest BCUT2D eigenvalue weighted by molar-refractivity contribution is 0.248. The number of aliphatic hydroxyl groups excluding tert-OH is 1. The molecule has 3 rings (SSSR count). The molecule has 0 spiro atoms. The van der Waals surface area contributed by atoms with Gasteiger partial charge in [0, 0.05) is 22.7 Å². The van der Waals surface area contributed by atoms with E-state index in [9.17, 15) is 5.11 Å². The summed E-state index contributed by atoms with van der Waals surface area (Å²) in [7, 11) is 0. The number of benzene rings is 1. The molecule has 0 unspecified atom stereocenters. The van der Waals surface area contributed by atoms with Crippen LogP contribution < -0.4 is 10.6 Å². The van der Waals surface area contributed by atoms with Gasteiger partial charge < -0.3 is 15.7 Å². The zero-order chi connectivity index (χ0) is 18.8. The van der Waals surface area contributed by atoms with E-state index >= 15 is 0 Å². The molecular formula is C20H27ClN4O. The zero-order valence-electron chi connectivity index (χ0n) is 15.8. The molecule has 0 amide bonds. The first kappa shape index (κ1) is 18.9. The maximum Gasteiger partial charge on any atom is 0.225 e. The molecule has 26 heavy (non-hydrogen) atoms. The molecular weight excluding hydrogens is 348 g/mol. The molecule has 0 bridgehead atoms. The maximum absolute atomic E-state index is 9.61. The highest BCUT2D eigenvalue weighted by atomic mass is 35.5. The highest BCUT2D eigenvalue weighted by Gasteiger charge is 2.27. The van der Waals surface area contributed by atoms with E-state index in [4.69, 9.17) is 11.6 Å². The number of hydrogen-bond acceptors (Lipinski definition) is 5. The average molecular weight is 375 g/mol. The SMILES string of the molecule is Cc1ccc(Cl)c(C)c1Nc1cc(C2CC2)nc(N[C@H](CO)C(C)C)n1. The van der Waals surface area contributed by atoms with Gasteiger partial charge >= 0.3 is 0 Å². The summed E-state index contributed by atoms with van der Waals surface area (Å²) in [5.74, 6) is 2.09. The summed E-state index contributed by atoms with van der Waals surface area (Å²) in [6, 6.07) is 5.85. The second kappa shape index (κ2) is 7.80. The van der Waals surface area contributed by atoms with Crippen molar-refractivity contribution in [2.45, 2.75) is 52.5 Å². The molecule has 0 saturated heterocycles.